The highest BCUT2D eigenvalue weighted by Crippen LogP contribution is 2.50. The molecule has 0 fully saturated rings. The Bertz CT molecular complexity index is 407. The zero-order valence-corrected chi connectivity index (χ0v) is 10.9. The Labute approximate surface area is 99.2 Å². The number of hydrogen-bond donors (Lipinski definition) is 0. The van der Waals surface area contributed by atoms with Crippen molar-refractivity contribution >= 4 is 6.72 Å². The fraction of sp³-hybridized carbons (Fsp3) is 0.400. The smallest absolute Gasteiger partial charge is 0.195 e. The number of allylic oxidation sites excluding steroid dienone is 2. The lowest BCUT2D eigenvalue weighted by molar-refractivity contribution is -0.542. The maximum absolute atomic E-state index is 4.18. The Morgan fingerprint density at radius 2 is 1.81 bits per heavy atom. The summed E-state index contributed by atoms with van der Waals surface area (Å²) in [7, 11) is 0. The Morgan fingerprint density at radius 1 is 1.25 bits per heavy atom. The van der Waals surface area contributed by atoms with Crippen LogP contribution in [0.2, 0.25) is 0 Å². The van der Waals surface area contributed by atoms with Crippen molar-refractivity contribution in [1.29, 1.82) is 0 Å². The van der Waals surface area contributed by atoms with E-state index in [-0.39, 0.29) is 11.0 Å². The predicted molar refractivity (Wildman–Crippen MR) is 71.8 cm³/mol. The van der Waals surface area contributed by atoms with Gasteiger partial charge in [0.2, 0.25) is 0 Å². The highest BCUT2D eigenvalue weighted by molar-refractivity contribution is 5.43. The van der Waals surface area contributed by atoms with Crippen molar-refractivity contribution in [2.24, 2.45) is 5.41 Å². The third-order valence-corrected chi connectivity index (χ3v) is 3.74. The molecule has 0 heterocycles. The first kappa shape index (κ1) is 12.7. The van der Waals surface area contributed by atoms with Crippen molar-refractivity contribution in [2.75, 3.05) is 0 Å². The molecule has 0 radical (unpaired) electrons. The summed E-state index contributed by atoms with van der Waals surface area (Å²) in [5, 5.41) is 0. The van der Waals surface area contributed by atoms with Gasteiger partial charge in [0, 0.05) is 6.92 Å². The standard InChI is InChI=1S/C15H22N/c1-8-16(7)15(6)10-9-14(15,5)13(4)11-12(2)3/h8-11H,1,4,7H2,2-3,5-6H3/q+1. The summed E-state index contributed by atoms with van der Waals surface area (Å²) in [6, 6.07) is 0. The summed E-state index contributed by atoms with van der Waals surface area (Å²) in [4.78, 5) is 0. The van der Waals surface area contributed by atoms with Crippen molar-refractivity contribution in [3.05, 3.63) is 48.7 Å². The molecule has 2 unspecified atom stereocenters. The van der Waals surface area contributed by atoms with Gasteiger partial charge in [-0.05, 0) is 39.0 Å². The third-order valence-electron chi connectivity index (χ3n) is 3.74. The average Bonchev–Trinajstić information content (AvgIpc) is 2.23. The largest absolute Gasteiger partial charge is 0.202 e. The van der Waals surface area contributed by atoms with Gasteiger partial charge in [-0.3, -0.25) is 0 Å². The van der Waals surface area contributed by atoms with Gasteiger partial charge in [0.1, 0.15) is 6.72 Å². The number of hydrogen-bond acceptors (Lipinski definition) is 0. The van der Waals surface area contributed by atoms with Crippen molar-refractivity contribution in [1.82, 2.24) is 0 Å². The predicted octanol–water partition coefficient (Wildman–Crippen LogP) is 3.70. The summed E-state index contributed by atoms with van der Waals surface area (Å²) in [6.07, 6.45) is 8.25. The van der Waals surface area contributed by atoms with Crippen LogP contribution < -0.4 is 0 Å². The maximum atomic E-state index is 4.18. The molecule has 0 aromatic carbocycles. The fourth-order valence-corrected chi connectivity index (χ4v) is 2.09. The van der Waals surface area contributed by atoms with E-state index in [1.54, 1.807) is 6.20 Å². The van der Waals surface area contributed by atoms with Crippen molar-refractivity contribution in [3.63, 3.8) is 0 Å². The van der Waals surface area contributed by atoms with E-state index in [2.05, 4.69) is 65.8 Å². The molecule has 0 aromatic heterocycles. The molecule has 1 aliphatic carbocycles. The van der Waals surface area contributed by atoms with E-state index in [9.17, 15) is 0 Å². The zero-order chi connectivity index (χ0) is 12.6. The van der Waals surface area contributed by atoms with Gasteiger partial charge in [-0.2, -0.15) is 0 Å². The number of rotatable bonds is 4. The fourth-order valence-electron chi connectivity index (χ4n) is 2.09. The number of nitrogens with zero attached hydrogens (tertiary/aromatic N) is 1. The van der Waals surface area contributed by atoms with Crippen molar-refractivity contribution in [2.45, 2.75) is 33.2 Å². The van der Waals surface area contributed by atoms with Crippen molar-refractivity contribution in [3.8, 4) is 0 Å². The quantitative estimate of drug-likeness (QED) is 0.292. The molecule has 16 heavy (non-hydrogen) atoms. The highest BCUT2D eigenvalue weighted by atomic mass is 15.1. The van der Waals surface area contributed by atoms with Crippen LogP contribution in [0.1, 0.15) is 27.7 Å². The SMILES string of the molecule is C=C[N+](=C)C1(C)C=CC1(C)C(=C)C=C(C)C. The van der Waals surface area contributed by atoms with E-state index in [0.717, 1.165) is 5.57 Å². The van der Waals surface area contributed by atoms with Crippen LogP contribution in [-0.2, 0) is 0 Å². The van der Waals surface area contributed by atoms with Crippen LogP contribution in [0.5, 0.6) is 0 Å². The topological polar surface area (TPSA) is 3.01 Å². The van der Waals surface area contributed by atoms with Crippen LogP contribution >= 0.6 is 0 Å². The molecule has 1 aliphatic rings. The van der Waals surface area contributed by atoms with E-state index in [1.165, 1.54) is 5.57 Å². The van der Waals surface area contributed by atoms with E-state index in [4.69, 9.17) is 0 Å². The van der Waals surface area contributed by atoms with Crippen LogP contribution in [0.25, 0.3) is 0 Å². The minimum absolute atomic E-state index is 0.0692. The Balaban J connectivity index is 3.11. The van der Waals surface area contributed by atoms with Crippen LogP contribution in [0.4, 0.5) is 0 Å². The summed E-state index contributed by atoms with van der Waals surface area (Å²) in [6.45, 7) is 20.5. The minimum atomic E-state index is -0.127. The summed E-state index contributed by atoms with van der Waals surface area (Å²) in [5.41, 5.74) is 2.19. The molecule has 0 saturated heterocycles. The average molecular weight is 216 g/mol. The molecule has 0 spiro atoms. The molecule has 0 bridgehead atoms. The second kappa shape index (κ2) is 3.89. The molecular weight excluding hydrogens is 194 g/mol. The van der Waals surface area contributed by atoms with Gasteiger partial charge in [0.05, 0.1) is 5.41 Å². The molecule has 1 heteroatoms. The first-order valence-corrected chi connectivity index (χ1v) is 5.55. The third kappa shape index (κ3) is 1.60. The first-order chi connectivity index (χ1) is 7.28. The van der Waals surface area contributed by atoms with E-state index in [0.29, 0.717) is 0 Å². The zero-order valence-electron chi connectivity index (χ0n) is 10.9. The molecule has 1 nitrogen and oxygen atoms in total. The Morgan fingerprint density at radius 3 is 2.12 bits per heavy atom. The lowest BCUT2D eigenvalue weighted by Crippen LogP contribution is -2.54. The van der Waals surface area contributed by atoms with E-state index in [1.807, 2.05) is 4.58 Å². The van der Waals surface area contributed by atoms with Crippen LogP contribution in [0.3, 0.4) is 0 Å². The van der Waals surface area contributed by atoms with Crippen molar-refractivity contribution < 1.29 is 4.58 Å². The van der Waals surface area contributed by atoms with Gasteiger partial charge in [-0.15, -0.1) is 0 Å². The van der Waals surface area contributed by atoms with Crippen LogP contribution in [0.15, 0.2) is 48.7 Å². The molecule has 0 aliphatic heterocycles. The van der Waals surface area contributed by atoms with Gasteiger partial charge < -0.3 is 0 Å². The molecular formula is C15H22N+. The lowest BCUT2D eigenvalue weighted by atomic mass is 9.59. The van der Waals surface area contributed by atoms with E-state index < -0.39 is 0 Å². The molecule has 0 aromatic rings. The first-order valence-electron chi connectivity index (χ1n) is 5.55. The monoisotopic (exact) mass is 216 g/mol. The highest BCUT2D eigenvalue weighted by Gasteiger charge is 2.56. The Hall–Kier alpha value is -1.37. The maximum Gasteiger partial charge on any atom is 0.195 e. The summed E-state index contributed by atoms with van der Waals surface area (Å²) >= 11 is 0. The van der Waals surface area contributed by atoms with Gasteiger partial charge in [-0.25, -0.2) is 4.58 Å². The molecule has 1 rings (SSSR count). The Kier molecular flexibility index (Phi) is 3.09. The molecule has 0 saturated carbocycles. The lowest BCUT2D eigenvalue weighted by Gasteiger charge is -2.45. The van der Waals surface area contributed by atoms with Gasteiger partial charge in [-0.1, -0.05) is 24.3 Å². The molecule has 2 atom stereocenters. The van der Waals surface area contributed by atoms with E-state index >= 15 is 0 Å². The summed E-state index contributed by atoms with van der Waals surface area (Å²) < 4.78 is 1.90. The molecule has 86 valence electrons. The van der Waals surface area contributed by atoms with Gasteiger partial charge >= 0.3 is 0 Å². The van der Waals surface area contributed by atoms with Gasteiger partial charge in [0.25, 0.3) is 0 Å². The summed E-state index contributed by atoms with van der Waals surface area (Å²) in [5.74, 6) is 0. The molecule has 0 amide bonds. The van der Waals surface area contributed by atoms with Crippen LogP contribution in [0, 0.1) is 5.41 Å². The van der Waals surface area contributed by atoms with Crippen LogP contribution in [-0.4, -0.2) is 16.8 Å². The normalized spacial score (nSPS) is 31.5. The minimum Gasteiger partial charge on any atom is -0.202 e. The molecule has 0 N–H and O–H groups in total. The van der Waals surface area contributed by atoms with Gasteiger partial charge in [0.15, 0.2) is 11.7 Å². The second-order valence-electron chi connectivity index (χ2n) is 5.08. The second-order valence-corrected chi connectivity index (χ2v) is 5.08.